The molecule has 1 N–H and O–H groups in total. The molecule has 0 aliphatic heterocycles. The number of nitrogens with one attached hydrogen (secondary N) is 1. The predicted molar refractivity (Wildman–Crippen MR) is 132 cm³/mol. The fraction of sp³-hybridized carbons (Fsp3) is 0.174. The number of rotatable bonds is 9. The molecule has 0 heterocycles. The second kappa shape index (κ2) is 11.0. The van der Waals surface area contributed by atoms with Gasteiger partial charge >= 0.3 is 0 Å². The van der Waals surface area contributed by atoms with E-state index in [4.69, 9.17) is 37.4 Å². The largest absolute Gasteiger partial charge is 0.495 e. The molecule has 0 radical (unpaired) electrons. The molecule has 0 atom stereocenters. The third-order valence-electron chi connectivity index (χ3n) is 4.86. The van der Waals surface area contributed by atoms with E-state index >= 15 is 0 Å². The van der Waals surface area contributed by atoms with Crippen LogP contribution in [0.5, 0.6) is 17.2 Å². The van der Waals surface area contributed by atoms with Crippen molar-refractivity contribution in [1.29, 1.82) is 0 Å². The number of benzene rings is 3. The Bertz CT molecular complexity index is 1350. The summed E-state index contributed by atoms with van der Waals surface area (Å²) in [4.78, 5) is 12.7. The molecule has 0 fully saturated rings. The van der Waals surface area contributed by atoms with Crippen molar-refractivity contribution in [2.45, 2.75) is 4.90 Å². The minimum atomic E-state index is -4.34. The summed E-state index contributed by atoms with van der Waals surface area (Å²) >= 11 is 12.0. The monoisotopic (exact) mass is 542 g/mol. The number of halogens is 3. The van der Waals surface area contributed by atoms with Gasteiger partial charge in [-0.25, -0.2) is 12.8 Å². The Balaban J connectivity index is 2.00. The zero-order chi connectivity index (χ0) is 25.8. The minimum Gasteiger partial charge on any atom is -0.495 e. The van der Waals surface area contributed by atoms with Crippen molar-refractivity contribution in [3.63, 3.8) is 0 Å². The second-order valence-corrected chi connectivity index (χ2v) is 9.70. The summed E-state index contributed by atoms with van der Waals surface area (Å²) in [6.45, 7) is -0.651. The molecule has 0 aromatic heterocycles. The maximum absolute atomic E-state index is 13.8. The van der Waals surface area contributed by atoms with Crippen LogP contribution < -0.4 is 23.8 Å². The molecule has 1 amide bonds. The summed E-state index contributed by atoms with van der Waals surface area (Å²) in [6, 6.07) is 11.9. The van der Waals surface area contributed by atoms with Crippen LogP contribution in [0.1, 0.15) is 0 Å². The quantitative estimate of drug-likeness (QED) is 0.409. The number of anilines is 2. The van der Waals surface area contributed by atoms with E-state index in [0.29, 0.717) is 17.2 Å². The SMILES string of the molecule is COc1ccc(NC(=O)CN(c2ccc(F)c(Cl)c2)S(=O)(=O)c2ccc(OC)c(OC)c2)cc1Cl. The Morgan fingerprint density at radius 2 is 1.54 bits per heavy atom. The van der Waals surface area contributed by atoms with Gasteiger partial charge in [-0.15, -0.1) is 0 Å². The van der Waals surface area contributed by atoms with Crippen molar-refractivity contribution in [1.82, 2.24) is 0 Å². The highest BCUT2D eigenvalue weighted by molar-refractivity contribution is 7.92. The van der Waals surface area contributed by atoms with Gasteiger partial charge in [-0.05, 0) is 48.5 Å². The highest BCUT2D eigenvalue weighted by Crippen LogP contribution is 2.33. The number of methoxy groups -OCH3 is 3. The maximum atomic E-state index is 13.8. The second-order valence-electron chi connectivity index (χ2n) is 7.02. The van der Waals surface area contributed by atoms with Gasteiger partial charge in [0.2, 0.25) is 5.91 Å². The van der Waals surface area contributed by atoms with Crippen molar-refractivity contribution in [3.05, 3.63) is 70.5 Å². The van der Waals surface area contributed by atoms with Crippen LogP contribution in [-0.2, 0) is 14.8 Å². The lowest BCUT2D eigenvalue weighted by Gasteiger charge is -2.25. The lowest BCUT2D eigenvalue weighted by Crippen LogP contribution is -2.38. The van der Waals surface area contributed by atoms with Crippen LogP contribution in [-0.4, -0.2) is 42.2 Å². The molecule has 186 valence electrons. The van der Waals surface area contributed by atoms with Crippen molar-refractivity contribution < 1.29 is 31.8 Å². The number of amides is 1. The van der Waals surface area contributed by atoms with Crippen LogP contribution >= 0.6 is 23.2 Å². The highest BCUT2D eigenvalue weighted by Gasteiger charge is 2.29. The standard InChI is InChI=1S/C23H21Cl2FN2O6S/c1-32-20-8-4-14(10-18(20)25)27-23(29)13-28(15-5-7-19(26)17(24)11-15)35(30,31)16-6-9-21(33-2)22(12-16)34-3/h4-12H,13H2,1-3H3,(H,27,29). The summed E-state index contributed by atoms with van der Waals surface area (Å²) in [5, 5.41) is 2.53. The topological polar surface area (TPSA) is 94.2 Å². The molecule has 8 nitrogen and oxygen atoms in total. The molecule has 0 aliphatic carbocycles. The summed E-state index contributed by atoms with van der Waals surface area (Å²) in [7, 11) is -0.117. The molecule has 0 saturated heterocycles. The van der Waals surface area contributed by atoms with Gasteiger partial charge in [0.25, 0.3) is 10.0 Å². The van der Waals surface area contributed by atoms with Crippen molar-refractivity contribution in [2.24, 2.45) is 0 Å². The Morgan fingerprint density at radius 1 is 0.886 bits per heavy atom. The Kier molecular flexibility index (Phi) is 8.31. The highest BCUT2D eigenvalue weighted by atomic mass is 35.5. The molecule has 3 rings (SSSR count). The number of ether oxygens (including phenoxy) is 3. The van der Waals surface area contributed by atoms with Gasteiger partial charge in [0.1, 0.15) is 18.1 Å². The number of nitrogens with zero attached hydrogens (tertiary/aromatic N) is 1. The number of carbonyl (C=O) groups excluding carboxylic acids is 1. The van der Waals surface area contributed by atoms with Gasteiger partial charge in [-0.3, -0.25) is 9.10 Å². The van der Waals surface area contributed by atoms with E-state index < -0.39 is 28.3 Å². The van der Waals surface area contributed by atoms with Crippen LogP contribution in [0.2, 0.25) is 10.0 Å². The van der Waals surface area contributed by atoms with Crippen LogP contribution in [0.15, 0.2) is 59.5 Å². The first-order valence-electron chi connectivity index (χ1n) is 9.94. The van der Waals surface area contributed by atoms with E-state index in [0.717, 1.165) is 16.4 Å². The number of hydrogen-bond donors (Lipinski definition) is 1. The van der Waals surface area contributed by atoms with Gasteiger partial charge < -0.3 is 19.5 Å². The van der Waals surface area contributed by atoms with E-state index in [-0.39, 0.29) is 26.4 Å². The van der Waals surface area contributed by atoms with Gasteiger partial charge in [-0.2, -0.15) is 0 Å². The average Bonchev–Trinajstić information content (AvgIpc) is 2.83. The van der Waals surface area contributed by atoms with Crippen molar-refractivity contribution in [2.75, 3.05) is 37.5 Å². The molecular weight excluding hydrogens is 522 g/mol. The van der Waals surface area contributed by atoms with Crippen LogP contribution in [0.4, 0.5) is 15.8 Å². The summed E-state index contributed by atoms with van der Waals surface area (Å²) in [6.07, 6.45) is 0. The van der Waals surface area contributed by atoms with Gasteiger partial charge in [-0.1, -0.05) is 23.2 Å². The predicted octanol–water partition coefficient (Wildman–Crippen LogP) is 4.99. The molecule has 0 unspecified atom stereocenters. The lowest BCUT2D eigenvalue weighted by molar-refractivity contribution is -0.114. The van der Waals surface area contributed by atoms with Gasteiger partial charge in [0, 0.05) is 11.8 Å². The van der Waals surface area contributed by atoms with E-state index in [1.54, 1.807) is 12.1 Å². The third kappa shape index (κ3) is 5.90. The molecule has 0 bridgehead atoms. The molecule has 0 aliphatic rings. The minimum absolute atomic E-state index is 0.0194. The smallest absolute Gasteiger partial charge is 0.264 e. The third-order valence-corrected chi connectivity index (χ3v) is 7.21. The Morgan fingerprint density at radius 3 is 2.14 bits per heavy atom. The van der Waals surface area contributed by atoms with E-state index in [1.807, 2.05) is 0 Å². The fourth-order valence-electron chi connectivity index (χ4n) is 3.13. The molecule has 35 heavy (non-hydrogen) atoms. The van der Waals surface area contributed by atoms with E-state index in [2.05, 4.69) is 5.32 Å². The van der Waals surface area contributed by atoms with E-state index in [1.165, 1.54) is 51.7 Å². The number of carbonyl (C=O) groups is 1. The molecule has 12 heteroatoms. The Labute approximate surface area is 212 Å². The van der Waals surface area contributed by atoms with E-state index in [9.17, 15) is 17.6 Å². The summed E-state index contributed by atoms with van der Waals surface area (Å²) < 4.78 is 57.2. The summed E-state index contributed by atoms with van der Waals surface area (Å²) in [5.41, 5.74) is 0.301. The average molecular weight is 543 g/mol. The first-order chi connectivity index (χ1) is 16.6. The number of hydrogen-bond acceptors (Lipinski definition) is 6. The molecule has 3 aromatic carbocycles. The zero-order valence-electron chi connectivity index (χ0n) is 18.8. The molecule has 3 aromatic rings. The van der Waals surface area contributed by atoms with Crippen LogP contribution in [0.3, 0.4) is 0 Å². The summed E-state index contributed by atoms with van der Waals surface area (Å²) in [5.74, 6) is -0.532. The van der Waals surface area contributed by atoms with Crippen molar-refractivity contribution in [3.8, 4) is 17.2 Å². The molecule has 0 saturated carbocycles. The molecular formula is C23H21Cl2FN2O6S. The first-order valence-corrected chi connectivity index (χ1v) is 12.1. The van der Waals surface area contributed by atoms with Crippen LogP contribution in [0.25, 0.3) is 0 Å². The zero-order valence-corrected chi connectivity index (χ0v) is 21.2. The van der Waals surface area contributed by atoms with Gasteiger partial charge in [0.15, 0.2) is 11.5 Å². The maximum Gasteiger partial charge on any atom is 0.264 e. The first kappa shape index (κ1) is 26.4. The Hall–Kier alpha value is -3.21. The molecule has 0 spiro atoms. The van der Waals surface area contributed by atoms with Crippen LogP contribution in [0, 0.1) is 5.82 Å². The fourth-order valence-corrected chi connectivity index (χ4v) is 5.00. The van der Waals surface area contributed by atoms with Crippen molar-refractivity contribution >= 4 is 50.5 Å². The lowest BCUT2D eigenvalue weighted by atomic mass is 10.3. The normalized spacial score (nSPS) is 11.0. The van der Waals surface area contributed by atoms with Gasteiger partial charge in [0.05, 0.1) is 42.0 Å². The number of sulfonamides is 1.